The fourth-order valence-corrected chi connectivity index (χ4v) is 2.84. The molecule has 0 spiro atoms. The second-order valence-electron chi connectivity index (χ2n) is 3.81. The predicted octanol–water partition coefficient (Wildman–Crippen LogP) is 1.67. The molecule has 0 saturated carbocycles. The van der Waals surface area contributed by atoms with Gasteiger partial charge in [0.15, 0.2) is 6.04 Å². The summed E-state index contributed by atoms with van der Waals surface area (Å²) >= 11 is 1.44. The van der Waals surface area contributed by atoms with Crippen LogP contribution in [0, 0.1) is 6.92 Å². The minimum absolute atomic E-state index is 0.536. The summed E-state index contributed by atoms with van der Waals surface area (Å²) in [7, 11) is 0. The number of thiazole rings is 1. The van der Waals surface area contributed by atoms with E-state index in [4.69, 9.17) is 0 Å². The van der Waals surface area contributed by atoms with Crippen LogP contribution in [0.1, 0.15) is 29.6 Å². The van der Waals surface area contributed by atoms with Gasteiger partial charge in [-0.05, 0) is 32.9 Å². The number of aryl methyl sites for hydroxylation is 1. The van der Waals surface area contributed by atoms with Crippen LogP contribution in [-0.2, 0) is 4.79 Å². The highest BCUT2D eigenvalue weighted by atomic mass is 32.1. The van der Waals surface area contributed by atoms with Crippen molar-refractivity contribution in [1.82, 2.24) is 9.88 Å². The molecule has 5 heteroatoms. The number of aromatic nitrogens is 1. The number of nitrogens with zero attached hydrogens (tertiary/aromatic N) is 2. The van der Waals surface area contributed by atoms with Crippen LogP contribution in [0.25, 0.3) is 0 Å². The summed E-state index contributed by atoms with van der Waals surface area (Å²) in [5, 5.41) is 11.8. The number of rotatable bonds is 3. The first kappa shape index (κ1) is 10.6. The van der Waals surface area contributed by atoms with Gasteiger partial charge in [-0.15, -0.1) is 11.3 Å². The molecule has 1 aliphatic heterocycles. The highest BCUT2D eigenvalue weighted by Crippen LogP contribution is 2.27. The summed E-state index contributed by atoms with van der Waals surface area (Å²) in [4.78, 5) is 17.5. The van der Waals surface area contributed by atoms with Crippen LogP contribution in [0.3, 0.4) is 0 Å². The summed E-state index contributed by atoms with van der Waals surface area (Å²) in [6.07, 6.45) is 2.18. The molecule has 4 nitrogen and oxygen atoms in total. The number of carbonyl (C=O) groups is 1. The van der Waals surface area contributed by atoms with Crippen LogP contribution in [0.4, 0.5) is 0 Å². The third-order valence-electron chi connectivity index (χ3n) is 2.61. The zero-order valence-corrected chi connectivity index (χ0v) is 9.46. The quantitative estimate of drug-likeness (QED) is 0.852. The van der Waals surface area contributed by atoms with E-state index >= 15 is 0 Å². The van der Waals surface area contributed by atoms with Crippen molar-refractivity contribution in [2.45, 2.75) is 25.8 Å². The van der Waals surface area contributed by atoms with Crippen molar-refractivity contribution in [3.8, 4) is 0 Å². The topological polar surface area (TPSA) is 53.4 Å². The van der Waals surface area contributed by atoms with Crippen molar-refractivity contribution in [2.24, 2.45) is 0 Å². The largest absolute Gasteiger partial charge is 0.480 e. The molecule has 2 rings (SSSR count). The lowest BCUT2D eigenvalue weighted by Crippen LogP contribution is -2.31. The monoisotopic (exact) mass is 226 g/mol. The first-order valence-electron chi connectivity index (χ1n) is 5.07. The minimum atomic E-state index is -0.786. The fourth-order valence-electron chi connectivity index (χ4n) is 1.92. The highest BCUT2D eigenvalue weighted by molar-refractivity contribution is 7.09. The first-order chi connectivity index (χ1) is 7.18. The van der Waals surface area contributed by atoms with Crippen LogP contribution >= 0.6 is 11.3 Å². The number of aliphatic carboxylic acids is 1. The van der Waals surface area contributed by atoms with Crippen LogP contribution in [0.5, 0.6) is 0 Å². The molecule has 1 aliphatic rings. The summed E-state index contributed by atoms with van der Waals surface area (Å²) in [6, 6.07) is -0.536. The average molecular weight is 226 g/mol. The minimum Gasteiger partial charge on any atom is -0.480 e. The molecule has 0 bridgehead atoms. The summed E-state index contributed by atoms with van der Waals surface area (Å²) in [5.41, 5.74) is 0.903. The molecular formula is C10H14N2O2S. The Labute approximate surface area is 92.6 Å². The van der Waals surface area contributed by atoms with E-state index < -0.39 is 12.0 Å². The maximum atomic E-state index is 11.2. The van der Waals surface area contributed by atoms with Gasteiger partial charge in [-0.2, -0.15) is 0 Å². The molecular weight excluding hydrogens is 212 g/mol. The second kappa shape index (κ2) is 4.28. The Kier molecular flexibility index (Phi) is 3.02. The molecule has 0 amide bonds. The van der Waals surface area contributed by atoms with E-state index in [1.165, 1.54) is 11.3 Å². The van der Waals surface area contributed by atoms with Gasteiger partial charge in [-0.1, -0.05) is 0 Å². The molecule has 1 unspecified atom stereocenters. The Morgan fingerprint density at radius 1 is 1.60 bits per heavy atom. The van der Waals surface area contributed by atoms with Gasteiger partial charge in [0.05, 0.1) is 0 Å². The second-order valence-corrected chi connectivity index (χ2v) is 4.70. The van der Waals surface area contributed by atoms with E-state index in [-0.39, 0.29) is 0 Å². The van der Waals surface area contributed by atoms with Gasteiger partial charge in [0.2, 0.25) is 0 Å². The summed E-state index contributed by atoms with van der Waals surface area (Å²) < 4.78 is 0. The molecule has 1 saturated heterocycles. The SMILES string of the molecule is Cc1csc(C(C(=O)O)N2CCCC2)n1. The van der Waals surface area contributed by atoms with Crippen molar-refractivity contribution >= 4 is 17.3 Å². The van der Waals surface area contributed by atoms with Crippen molar-refractivity contribution < 1.29 is 9.90 Å². The third-order valence-corrected chi connectivity index (χ3v) is 3.63. The number of hydrogen-bond donors (Lipinski definition) is 1. The maximum absolute atomic E-state index is 11.2. The molecule has 1 aromatic heterocycles. The van der Waals surface area contributed by atoms with Crippen LogP contribution < -0.4 is 0 Å². The van der Waals surface area contributed by atoms with Crippen molar-refractivity contribution in [2.75, 3.05) is 13.1 Å². The molecule has 0 aliphatic carbocycles. The van der Waals surface area contributed by atoms with Gasteiger partial charge in [-0.3, -0.25) is 9.69 Å². The zero-order valence-electron chi connectivity index (χ0n) is 8.64. The Morgan fingerprint density at radius 3 is 2.73 bits per heavy atom. The Morgan fingerprint density at radius 2 is 2.27 bits per heavy atom. The molecule has 2 heterocycles. The lowest BCUT2D eigenvalue weighted by atomic mass is 10.3. The van der Waals surface area contributed by atoms with Crippen LogP contribution in [0.15, 0.2) is 5.38 Å². The van der Waals surface area contributed by atoms with Crippen molar-refractivity contribution in [3.63, 3.8) is 0 Å². The third kappa shape index (κ3) is 2.18. The normalized spacial score (nSPS) is 19.3. The first-order valence-corrected chi connectivity index (χ1v) is 5.95. The molecule has 1 atom stereocenters. The van der Waals surface area contributed by atoms with Gasteiger partial charge in [0.1, 0.15) is 5.01 Å². The van der Waals surface area contributed by atoms with Crippen LogP contribution in [0.2, 0.25) is 0 Å². The smallest absolute Gasteiger partial charge is 0.328 e. The number of hydrogen-bond acceptors (Lipinski definition) is 4. The van der Waals surface area contributed by atoms with Gasteiger partial charge in [0, 0.05) is 11.1 Å². The van der Waals surface area contributed by atoms with Crippen LogP contribution in [-0.4, -0.2) is 34.0 Å². The number of likely N-dealkylation sites (tertiary alicyclic amines) is 1. The Bertz CT molecular complexity index is 358. The maximum Gasteiger partial charge on any atom is 0.328 e. The molecule has 15 heavy (non-hydrogen) atoms. The van der Waals surface area contributed by atoms with Gasteiger partial charge >= 0.3 is 5.97 Å². The molecule has 0 radical (unpaired) electrons. The standard InChI is InChI=1S/C10H14N2O2S/c1-7-6-15-9(11-7)8(10(13)14)12-4-2-3-5-12/h6,8H,2-5H2,1H3,(H,13,14). The van der Waals surface area contributed by atoms with E-state index in [9.17, 15) is 9.90 Å². The van der Waals surface area contributed by atoms with Gasteiger partial charge < -0.3 is 5.11 Å². The lowest BCUT2D eigenvalue weighted by Gasteiger charge is -2.21. The van der Waals surface area contributed by atoms with E-state index in [1.54, 1.807) is 0 Å². The Balaban J connectivity index is 2.22. The lowest BCUT2D eigenvalue weighted by molar-refractivity contribution is -0.143. The molecule has 0 aromatic carbocycles. The van der Waals surface area contributed by atoms with E-state index in [2.05, 4.69) is 4.98 Å². The molecule has 1 aromatic rings. The van der Waals surface area contributed by atoms with E-state index in [0.29, 0.717) is 5.01 Å². The zero-order chi connectivity index (χ0) is 10.8. The molecule has 1 N–H and O–H groups in total. The molecule has 82 valence electrons. The fraction of sp³-hybridized carbons (Fsp3) is 0.600. The summed E-state index contributed by atoms with van der Waals surface area (Å²) in [5.74, 6) is -0.786. The highest BCUT2D eigenvalue weighted by Gasteiger charge is 2.31. The van der Waals surface area contributed by atoms with Gasteiger partial charge in [0.25, 0.3) is 0 Å². The summed E-state index contributed by atoms with van der Waals surface area (Å²) in [6.45, 7) is 3.63. The van der Waals surface area contributed by atoms with Gasteiger partial charge in [-0.25, -0.2) is 4.98 Å². The number of carboxylic acid groups (broad SMARTS) is 1. The molecule has 1 fully saturated rings. The average Bonchev–Trinajstić information content (AvgIpc) is 2.77. The van der Waals surface area contributed by atoms with Crippen molar-refractivity contribution in [3.05, 3.63) is 16.1 Å². The Hall–Kier alpha value is -0.940. The number of carboxylic acids is 1. The van der Waals surface area contributed by atoms with Crippen molar-refractivity contribution in [1.29, 1.82) is 0 Å². The van der Waals surface area contributed by atoms with E-state index in [0.717, 1.165) is 31.6 Å². The predicted molar refractivity (Wildman–Crippen MR) is 58.0 cm³/mol. The van der Waals surface area contributed by atoms with E-state index in [1.807, 2.05) is 17.2 Å².